The van der Waals surface area contributed by atoms with Crippen molar-refractivity contribution in [1.29, 1.82) is 0 Å². The number of para-hydroxylation sites is 1. The van der Waals surface area contributed by atoms with E-state index in [2.05, 4.69) is 17.6 Å². The molecule has 1 aromatic carbocycles. The number of hydrogen-bond acceptors (Lipinski definition) is 1. The van der Waals surface area contributed by atoms with Gasteiger partial charge >= 0.3 is 5.97 Å². The Morgan fingerprint density at radius 2 is 2.11 bits per heavy atom. The normalized spacial score (nSPS) is 15.6. The second-order valence-electron chi connectivity index (χ2n) is 5.56. The molecule has 19 heavy (non-hydrogen) atoms. The number of fused-ring (bicyclic) bond motifs is 1. The van der Waals surface area contributed by atoms with Gasteiger partial charge in [-0.05, 0) is 37.3 Å². The third-order valence-corrected chi connectivity index (χ3v) is 4.36. The summed E-state index contributed by atoms with van der Waals surface area (Å²) in [5.74, 6) is 0.0156. The molecular formula is C16H19NO2. The van der Waals surface area contributed by atoms with E-state index in [1.54, 1.807) is 0 Å². The van der Waals surface area contributed by atoms with E-state index in [1.165, 1.54) is 24.8 Å². The molecule has 3 rings (SSSR count). The number of hydrogen-bond donors (Lipinski definition) is 1. The maximum atomic E-state index is 11.1. The number of carboxylic acids is 1. The Labute approximate surface area is 112 Å². The predicted octanol–water partition coefficient (Wildman–Crippen LogP) is 3.38. The highest BCUT2D eigenvalue weighted by Gasteiger charge is 2.22. The molecule has 2 aromatic rings. The number of carboxylic acid groups (broad SMARTS) is 1. The lowest BCUT2D eigenvalue weighted by molar-refractivity contribution is -0.136. The van der Waals surface area contributed by atoms with Crippen molar-refractivity contribution in [3.63, 3.8) is 0 Å². The molecule has 1 aliphatic rings. The van der Waals surface area contributed by atoms with E-state index in [0.717, 1.165) is 29.1 Å². The van der Waals surface area contributed by atoms with Gasteiger partial charge in [0.1, 0.15) is 0 Å². The van der Waals surface area contributed by atoms with Crippen molar-refractivity contribution in [2.24, 2.45) is 5.92 Å². The molecule has 100 valence electrons. The highest BCUT2D eigenvalue weighted by Crippen LogP contribution is 2.32. The molecule has 1 fully saturated rings. The van der Waals surface area contributed by atoms with E-state index in [4.69, 9.17) is 5.11 Å². The van der Waals surface area contributed by atoms with E-state index in [0.29, 0.717) is 0 Å². The van der Waals surface area contributed by atoms with E-state index < -0.39 is 5.97 Å². The van der Waals surface area contributed by atoms with Gasteiger partial charge in [-0.3, -0.25) is 4.79 Å². The summed E-state index contributed by atoms with van der Waals surface area (Å²) < 4.78 is 2.32. The molecule has 1 heterocycles. The quantitative estimate of drug-likeness (QED) is 0.912. The van der Waals surface area contributed by atoms with Gasteiger partial charge in [-0.1, -0.05) is 24.6 Å². The van der Waals surface area contributed by atoms with Gasteiger partial charge in [0.15, 0.2) is 0 Å². The number of aromatic nitrogens is 1. The average molecular weight is 257 g/mol. The summed E-state index contributed by atoms with van der Waals surface area (Å²) in [6.07, 6.45) is 4.06. The second kappa shape index (κ2) is 4.72. The molecule has 3 nitrogen and oxygen atoms in total. The number of carbonyl (C=O) groups is 1. The molecule has 1 aliphatic carbocycles. The minimum Gasteiger partial charge on any atom is -0.481 e. The van der Waals surface area contributed by atoms with Crippen LogP contribution in [-0.4, -0.2) is 15.6 Å². The van der Waals surface area contributed by atoms with Crippen molar-refractivity contribution in [2.75, 3.05) is 0 Å². The van der Waals surface area contributed by atoms with E-state index in [1.807, 2.05) is 18.2 Å². The van der Waals surface area contributed by atoms with E-state index in [9.17, 15) is 4.79 Å². The Bertz CT molecular complexity index is 623. The highest BCUT2D eigenvalue weighted by atomic mass is 16.4. The topological polar surface area (TPSA) is 42.2 Å². The molecule has 3 heteroatoms. The van der Waals surface area contributed by atoms with Crippen LogP contribution in [0.2, 0.25) is 0 Å². The maximum absolute atomic E-state index is 11.1. The lowest BCUT2D eigenvalue weighted by Crippen LogP contribution is -2.18. The molecule has 0 radical (unpaired) electrons. The van der Waals surface area contributed by atoms with Crippen LogP contribution in [0.25, 0.3) is 10.9 Å². The van der Waals surface area contributed by atoms with Gasteiger partial charge in [0.25, 0.3) is 0 Å². The molecule has 1 saturated carbocycles. The smallest absolute Gasteiger partial charge is 0.307 e. The van der Waals surface area contributed by atoms with Gasteiger partial charge in [0, 0.05) is 23.1 Å². The largest absolute Gasteiger partial charge is 0.481 e. The zero-order valence-electron chi connectivity index (χ0n) is 11.2. The molecule has 0 spiro atoms. The average Bonchev–Trinajstić information content (AvgIpc) is 2.58. The molecule has 0 aliphatic heterocycles. The van der Waals surface area contributed by atoms with Crippen molar-refractivity contribution in [2.45, 2.75) is 39.2 Å². The lowest BCUT2D eigenvalue weighted by atomic mass is 9.85. The first-order chi connectivity index (χ1) is 9.16. The molecule has 0 bridgehead atoms. The third kappa shape index (κ3) is 2.14. The summed E-state index contributed by atoms with van der Waals surface area (Å²) in [5.41, 5.74) is 3.28. The van der Waals surface area contributed by atoms with Crippen molar-refractivity contribution < 1.29 is 9.90 Å². The first kappa shape index (κ1) is 12.3. The van der Waals surface area contributed by atoms with Crippen LogP contribution in [0.15, 0.2) is 24.3 Å². The minimum atomic E-state index is -0.755. The molecule has 0 unspecified atom stereocenters. The van der Waals surface area contributed by atoms with Crippen LogP contribution >= 0.6 is 0 Å². The van der Waals surface area contributed by atoms with Crippen molar-refractivity contribution >= 4 is 16.9 Å². The van der Waals surface area contributed by atoms with Crippen LogP contribution in [0.3, 0.4) is 0 Å². The minimum absolute atomic E-state index is 0.115. The molecule has 0 atom stereocenters. The fourth-order valence-electron chi connectivity index (χ4n) is 3.05. The number of aliphatic carboxylic acids is 1. The van der Waals surface area contributed by atoms with Gasteiger partial charge < -0.3 is 9.67 Å². The molecule has 0 saturated heterocycles. The summed E-state index contributed by atoms with van der Waals surface area (Å²) in [4.78, 5) is 11.1. The van der Waals surface area contributed by atoms with Crippen molar-refractivity contribution in [3.8, 4) is 0 Å². The SMILES string of the molecule is Cc1c(CC(=O)O)c2ccccc2n1CC1CCC1. The van der Waals surface area contributed by atoms with Crippen LogP contribution in [0, 0.1) is 12.8 Å². The first-order valence-corrected chi connectivity index (χ1v) is 6.95. The Hall–Kier alpha value is -1.77. The lowest BCUT2D eigenvalue weighted by Gasteiger charge is -2.27. The Kier molecular flexibility index (Phi) is 3.05. The van der Waals surface area contributed by atoms with Gasteiger partial charge in [-0.15, -0.1) is 0 Å². The Morgan fingerprint density at radius 3 is 2.74 bits per heavy atom. The van der Waals surface area contributed by atoms with Crippen LogP contribution in [0.4, 0.5) is 0 Å². The zero-order chi connectivity index (χ0) is 13.4. The number of nitrogens with zero attached hydrogens (tertiary/aromatic N) is 1. The summed E-state index contributed by atoms with van der Waals surface area (Å²) in [6, 6.07) is 8.16. The third-order valence-electron chi connectivity index (χ3n) is 4.36. The fourth-order valence-corrected chi connectivity index (χ4v) is 3.05. The molecule has 1 N–H and O–H groups in total. The van der Waals surface area contributed by atoms with E-state index >= 15 is 0 Å². The summed E-state index contributed by atoms with van der Waals surface area (Å²) >= 11 is 0. The van der Waals surface area contributed by atoms with E-state index in [-0.39, 0.29) is 6.42 Å². The highest BCUT2D eigenvalue weighted by molar-refractivity contribution is 5.89. The van der Waals surface area contributed by atoms with Gasteiger partial charge in [-0.25, -0.2) is 0 Å². The maximum Gasteiger partial charge on any atom is 0.307 e. The summed E-state index contributed by atoms with van der Waals surface area (Å²) in [5, 5.41) is 10.2. The fraction of sp³-hybridized carbons (Fsp3) is 0.438. The number of rotatable bonds is 4. The van der Waals surface area contributed by atoms with Gasteiger partial charge in [0.05, 0.1) is 6.42 Å². The van der Waals surface area contributed by atoms with Crippen LogP contribution in [0.1, 0.15) is 30.5 Å². The Balaban J connectivity index is 2.08. The summed E-state index contributed by atoms with van der Waals surface area (Å²) in [7, 11) is 0. The summed E-state index contributed by atoms with van der Waals surface area (Å²) in [6.45, 7) is 3.09. The van der Waals surface area contributed by atoms with Gasteiger partial charge in [0.2, 0.25) is 0 Å². The number of benzene rings is 1. The van der Waals surface area contributed by atoms with Crippen LogP contribution in [0.5, 0.6) is 0 Å². The van der Waals surface area contributed by atoms with Crippen molar-refractivity contribution in [1.82, 2.24) is 4.57 Å². The second-order valence-corrected chi connectivity index (χ2v) is 5.56. The van der Waals surface area contributed by atoms with Crippen molar-refractivity contribution in [3.05, 3.63) is 35.5 Å². The Morgan fingerprint density at radius 1 is 1.37 bits per heavy atom. The first-order valence-electron chi connectivity index (χ1n) is 6.95. The molecule has 0 amide bonds. The monoisotopic (exact) mass is 257 g/mol. The van der Waals surface area contributed by atoms with Gasteiger partial charge in [-0.2, -0.15) is 0 Å². The van der Waals surface area contributed by atoms with Crippen LogP contribution in [-0.2, 0) is 17.8 Å². The molecular weight excluding hydrogens is 238 g/mol. The molecule has 1 aromatic heterocycles. The van der Waals surface area contributed by atoms with Crippen LogP contribution < -0.4 is 0 Å². The predicted molar refractivity (Wildman–Crippen MR) is 75.4 cm³/mol. The zero-order valence-corrected chi connectivity index (χ0v) is 11.2. The standard InChI is InChI=1S/C16H19NO2/c1-11-14(9-16(18)19)13-7-2-3-8-15(13)17(11)10-12-5-4-6-12/h2-3,7-8,12H,4-6,9-10H2,1H3,(H,18,19).